The van der Waals surface area contributed by atoms with Crippen LogP contribution in [0.25, 0.3) is 0 Å². The summed E-state index contributed by atoms with van der Waals surface area (Å²) in [5.74, 6) is 1.65. The lowest BCUT2D eigenvalue weighted by molar-refractivity contribution is -0.122. The van der Waals surface area contributed by atoms with Gasteiger partial charge in [-0.15, -0.1) is 0 Å². The molecule has 1 aliphatic heterocycles. The largest absolute Gasteiger partial charge is 0.352 e. The van der Waals surface area contributed by atoms with Crippen LogP contribution in [-0.2, 0) is 4.79 Å². The molecule has 0 radical (unpaired) electrons. The topological polar surface area (TPSA) is 41.1 Å². The predicted octanol–water partition coefficient (Wildman–Crippen LogP) is 2.07. The van der Waals surface area contributed by atoms with Gasteiger partial charge in [-0.05, 0) is 24.8 Å². The summed E-state index contributed by atoms with van der Waals surface area (Å²) in [7, 11) is 0. The highest BCUT2D eigenvalue weighted by Crippen LogP contribution is 2.27. The second kappa shape index (κ2) is 6.39. The van der Waals surface area contributed by atoms with E-state index in [2.05, 4.69) is 17.6 Å². The molecule has 2 aliphatic rings. The molecule has 1 amide bonds. The Labute approximate surface area is 105 Å². The van der Waals surface area contributed by atoms with E-state index in [0.717, 1.165) is 31.8 Å². The zero-order valence-corrected chi connectivity index (χ0v) is 11.0. The highest BCUT2D eigenvalue weighted by atomic mass is 16.1. The van der Waals surface area contributed by atoms with Crippen LogP contribution < -0.4 is 10.6 Å². The van der Waals surface area contributed by atoms with Gasteiger partial charge < -0.3 is 10.6 Å². The van der Waals surface area contributed by atoms with Gasteiger partial charge in [0.25, 0.3) is 0 Å². The lowest BCUT2D eigenvalue weighted by atomic mass is 9.86. The first kappa shape index (κ1) is 12.9. The van der Waals surface area contributed by atoms with E-state index in [-0.39, 0.29) is 5.91 Å². The maximum absolute atomic E-state index is 11.8. The normalized spacial score (nSPS) is 30.4. The third-order valence-corrected chi connectivity index (χ3v) is 4.37. The Kier molecular flexibility index (Phi) is 4.84. The summed E-state index contributed by atoms with van der Waals surface area (Å²) in [5, 5.41) is 6.48. The van der Waals surface area contributed by atoms with Crippen molar-refractivity contribution in [2.75, 3.05) is 13.1 Å². The van der Waals surface area contributed by atoms with Gasteiger partial charge in [0.15, 0.2) is 0 Å². The van der Waals surface area contributed by atoms with Crippen LogP contribution in [-0.4, -0.2) is 25.0 Å². The minimum Gasteiger partial charge on any atom is -0.352 e. The number of carbonyl (C=O) groups is 1. The molecule has 3 heteroatoms. The first-order chi connectivity index (χ1) is 8.25. The molecular formula is C14H26N2O. The van der Waals surface area contributed by atoms with Crippen molar-refractivity contribution in [1.82, 2.24) is 10.6 Å². The summed E-state index contributed by atoms with van der Waals surface area (Å²) in [6.07, 6.45) is 8.65. The van der Waals surface area contributed by atoms with Gasteiger partial charge in [0.05, 0.1) is 0 Å². The molecule has 2 unspecified atom stereocenters. The zero-order valence-electron chi connectivity index (χ0n) is 11.0. The molecule has 0 aromatic heterocycles. The SMILES string of the molecule is CC1CNCC1NC(=O)CCC1CCCCC1. The van der Waals surface area contributed by atoms with Gasteiger partial charge in [-0.25, -0.2) is 0 Å². The fraction of sp³-hybridized carbons (Fsp3) is 0.929. The molecule has 2 atom stereocenters. The third-order valence-electron chi connectivity index (χ3n) is 4.37. The maximum Gasteiger partial charge on any atom is 0.220 e. The molecule has 0 bridgehead atoms. The Morgan fingerprint density at radius 1 is 1.24 bits per heavy atom. The minimum atomic E-state index is 0.260. The molecule has 1 aliphatic carbocycles. The van der Waals surface area contributed by atoms with Crippen LogP contribution in [0.4, 0.5) is 0 Å². The monoisotopic (exact) mass is 238 g/mol. The predicted molar refractivity (Wildman–Crippen MR) is 69.8 cm³/mol. The molecule has 0 spiro atoms. The average Bonchev–Trinajstić information content (AvgIpc) is 2.74. The minimum absolute atomic E-state index is 0.260. The molecule has 2 N–H and O–H groups in total. The van der Waals surface area contributed by atoms with Crippen LogP contribution in [0.1, 0.15) is 51.9 Å². The zero-order chi connectivity index (χ0) is 12.1. The molecule has 3 nitrogen and oxygen atoms in total. The number of carbonyl (C=O) groups excluding carboxylic acids is 1. The van der Waals surface area contributed by atoms with Gasteiger partial charge in [0.1, 0.15) is 0 Å². The van der Waals surface area contributed by atoms with E-state index in [4.69, 9.17) is 0 Å². The summed E-state index contributed by atoms with van der Waals surface area (Å²) in [6, 6.07) is 0.355. The van der Waals surface area contributed by atoms with Crippen molar-refractivity contribution < 1.29 is 4.79 Å². The second-order valence-corrected chi connectivity index (χ2v) is 5.85. The maximum atomic E-state index is 11.8. The van der Waals surface area contributed by atoms with Gasteiger partial charge >= 0.3 is 0 Å². The summed E-state index contributed by atoms with van der Waals surface area (Å²) in [4.78, 5) is 11.8. The molecule has 98 valence electrons. The molecule has 0 aromatic carbocycles. The number of amides is 1. The van der Waals surface area contributed by atoms with E-state index in [1.165, 1.54) is 32.1 Å². The third kappa shape index (κ3) is 3.98. The Morgan fingerprint density at radius 3 is 2.65 bits per heavy atom. The summed E-state index contributed by atoms with van der Waals surface area (Å²) in [6.45, 7) is 4.18. The molecule has 2 fully saturated rings. The van der Waals surface area contributed by atoms with Crippen molar-refractivity contribution in [2.45, 2.75) is 57.9 Å². The quantitative estimate of drug-likeness (QED) is 0.787. The summed E-state index contributed by atoms with van der Waals surface area (Å²) < 4.78 is 0. The standard InChI is InChI=1S/C14H26N2O/c1-11-9-15-10-13(11)16-14(17)8-7-12-5-3-2-4-6-12/h11-13,15H,2-10H2,1H3,(H,16,17). The Hall–Kier alpha value is -0.570. The van der Waals surface area contributed by atoms with Crippen LogP contribution in [0.15, 0.2) is 0 Å². The van der Waals surface area contributed by atoms with E-state index >= 15 is 0 Å². The van der Waals surface area contributed by atoms with Crippen molar-refractivity contribution in [2.24, 2.45) is 11.8 Å². The highest BCUT2D eigenvalue weighted by Gasteiger charge is 2.24. The lowest BCUT2D eigenvalue weighted by Gasteiger charge is -2.22. The smallest absolute Gasteiger partial charge is 0.220 e. The van der Waals surface area contributed by atoms with Crippen LogP contribution in [0.2, 0.25) is 0 Å². The highest BCUT2D eigenvalue weighted by molar-refractivity contribution is 5.76. The van der Waals surface area contributed by atoms with Crippen LogP contribution in [0.5, 0.6) is 0 Å². The lowest BCUT2D eigenvalue weighted by Crippen LogP contribution is -2.39. The van der Waals surface area contributed by atoms with E-state index in [1.54, 1.807) is 0 Å². The van der Waals surface area contributed by atoms with Crippen molar-refractivity contribution in [3.8, 4) is 0 Å². The molecule has 1 saturated carbocycles. The molecular weight excluding hydrogens is 212 g/mol. The fourth-order valence-corrected chi connectivity index (χ4v) is 3.09. The molecule has 1 saturated heterocycles. The first-order valence-corrected chi connectivity index (χ1v) is 7.26. The van der Waals surface area contributed by atoms with Gasteiger partial charge in [-0.1, -0.05) is 39.0 Å². The molecule has 0 aromatic rings. The van der Waals surface area contributed by atoms with Crippen molar-refractivity contribution in [3.63, 3.8) is 0 Å². The Bertz CT molecular complexity index is 249. The van der Waals surface area contributed by atoms with E-state index in [9.17, 15) is 4.79 Å². The number of hydrogen-bond acceptors (Lipinski definition) is 2. The van der Waals surface area contributed by atoms with Crippen LogP contribution in [0.3, 0.4) is 0 Å². The van der Waals surface area contributed by atoms with Gasteiger partial charge in [-0.2, -0.15) is 0 Å². The van der Waals surface area contributed by atoms with Crippen LogP contribution in [0, 0.1) is 11.8 Å². The van der Waals surface area contributed by atoms with Crippen LogP contribution >= 0.6 is 0 Å². The van der Waals surface area contributed by atoms with Gasteiger partial charge in [-0.3, -0.25) is 4.79 Å². The van der Waals surface area contributed by atoms with Crippen molar-refractivity contribution in [3.05, 3.63) is 0 Å². The first-order valence-electron chi connectivity index (χ1n) is 7.26. The van der Waals surface area contributed by atoms with E-state index in [1.807, 2.05) is 0 Å². The fourth-order valence-electron chi connectivity index (χ4n) is 3.09. The number of hydrogen-bond donors (Lipinski definition) is 2. The second-order valence-electron chi connectivity index (χ2n) is 5.85. The molecule has 2 rings (SSSR count). The van der Waals surface area contributed by atoms with Gasteiger partial charge in [0, 0.05) is 19.0 Å². The summed E-state index contributed by atoms with van der Waals surface area (Å²) in [5.41, 5.74) is 0. The average molecular weight is 238 g/mol. The van der Waals surface area contributed by atoms with E-state index in [0.29, 0.717) is 12.0 Å². The van der Waals surface area contributed by atoms with Crippen molar-refractivity contribution in [1.29, 1.82) is 0 Å². The summed E-state index contributed by atoms with van der Waals surface area (Å²) >= 11 is 0. The Balaban J connectivity index is 1.63. The van der Waals surface area contributed by atoms with Gasteiger partial charge in [0.2, 0.25) is 5.91 Å². The molecule has 17 heavy (non-hydrogen) atoms. The van der Waals surface area contributed by atoms with Crippen molar-refractivity contribution >= 4 is 5.91 Å². The van der Waals surface area contributed by atoms with E-state index < -0.39 is 0 Å². The number of nitrogens with one attached hydrogen (secondary N) is 2. The number of rotatable bonds is 4. The molecule has 1 heterocycles. The Morgan fingerprint density at radius 2 is 2.00 bits per heavy atom.